The van der Waals surface area contributed by atoms with Gasteiger partial charge in [0.2, 0.25) is 10.0 Å². The topological polar surface area (TPSA) is 63.7 Å². The van der Waals surface area contributed by atoms with Gasteiger partial charge in [-0.3, -0.25) is 4.79 Å². The molecular weight excluding hydrogens is 457 g/mol. The molecule has 168 valence electrons. The molecule has 0 spiro atoms. The molecule has 8 heteroatoms. The van der Waals surface area contributed by atoms with Crippen LogP contribution in [0, 0.1) is 11.8 Å². The van der Waals surface area contributed by atoms with Crippen molar-refractivity contribution in [2.24, 2.45) is 11.8 Å². The number of carbonyl (C=O) groups excluding carboxylic acids is 1. The first kappa shape index (κ1) is 24.1. The average molecular weight is 484 g/mol. The average Bonchev–Trinajstić information content (AvgIpc) is 2.75. The number of halogens is 2. The molecule has 0 atom stereocenters. The molecule has 1 fully saturated rings. The van der Waals surface area contributed by atoms with Crippen molar-refractivity contribution in [3.8, 4) is 0 Å². The van der Waals surface area contributed by atoms with E-state index in [1.165, 1.54) is 10.4 Å². The van der Waals surface area contributed by atoms with Gasteiger partial charge in [0.15, 0.2) is 0 Å². The third-order valence-electron chi connectivity index (χ3n) is 5.69. The van der Waals surface area contributed by atoms with Crippen molar-refractivity contribution >= 4 is 39.2 Å². The van der Waals surface area contributed by atoms with Crippen LogP contribution < -0.4 is 0 Å². The van der Waals surface area contributed by atoms with Crippen LogP contribution in [0.2, 0.25) is 10.0 Å². The zero-order valence-electron chi connectivity index (χ0n) is 17.5. The molecule has 1 saturated carbocycles. The van der Waals surface area contributed by atoms with Gasteiger partial charge in [-0.1, -0.05) is 53.5 Å². The van der Waals surface area contributed by atoms with Crippen LogP contribution in [0.15, 0.2) is 53.4 Å². The minimum atomic E-state index is -3.83. The van der Waals surface area contributed by atoms with Crippen LogP contribution in [-0.2, 0) is 26.1 Å². The Kier molecular flexibility index (Phi) is 8.39. The Morgan fingerprint density at radius 2 is 1.61 bits per heavy atom. The molecule has 0 N–H and O–H groups in total. The normalized spacial score (nSPS) is 19.4. The van der Waals surface area contributed by atoms with Crippen molar-refractivity contribution in [2.45, 2.75) is 44.0 Å². The molecule has 5 nitrogen and oxygen atoms in total. The van der Waals surface area contributed by atoms with E-state index < -0.39 is 10.0 Å². The Morgan fingerprint density at radius 3 is 2.23 bits per heavy atom. The predicted molar refractivity (Wildman–Crippen MR) is 123 cm³/mol. The minimum Gasteiger partial charge on any atom is -0.466 e. The van der Waals surface area contributed by atoms with Crippen molar-refractivity contribution in [1.82, 2.24) is 4.31 Å². The monoisotopic (exact) mass is 483 g/mol. The van der Waals surface area contributed by atoms with E-state index in [0.717, 1.165) is 18.4 Å². The second-order valence-corrected chi connectivity index (χ2v) is 10.5. The lowest BCUT2D eigenvalue weighted by Gasteiger charge is -2.32. The molecular formula is C23H27Cl2NO4S. The van der Waals surface area contributed by atoms with E-state index in [2.05, 4.69) is 0 Å². The van der Waals surface area contributed by atoms with Gasteiger partial charge in [-0.25, -0.2) is 8.42 Å². The number of rotatable bonds is 8. The highest BCUT2D eigenvalue weighted by Crippen LogP contribution is 2.33. The van der Waals surface area contributed by atoms with Gasteiger partial charge in [0, 0.05) is 18.1 Å². The number of sulfonamides is 1. The summed E-state index contributed by atoms with van der Waals surface area (Å²) in [5.74, 6) is -0.114. The summed E-state index contributed by atoms with van der Waals surface area (Å²) in [6.07, 6.45) is 2.94. The third kappa shape index (κ3) is 6.01. The van der Waals surface area contributed by atoms with E-state index in [9.17, 15) is 13.2 Å². The maximum absolute atomic E-state index is 13.5. The highest BCUT2D eigenvalue weighted by Gasteiger charge is 2.33. The van der Waals surface area contributed by atoms with E-state index in [1.54, 1.807) is 31.2 Å². The Balaban J connectivity index is 1.81. The van der Waals surface area contributed by atoms with Gasteiger partial charge < -0.3 is 4.74 Å². The molecule has 3 rings (SSSR count). The molecule has 0 aromatic heterocycles. The third-order valence-corrected chi connectivity index (χ3v) is 8.37. The first-order chi connectivity index (χ1) is 14.8. The fraction of sp³-hybridized carbons (Fsp3) is 0.435. The molecule has 1 aliphatic carbocycles. The zero-order valence-corrected chi connectivity index (χ0v) is 19.8. The largest absolute Gasteiger partial charge is 0.466 e. The first-order valence-electron chi connectivity index (χ1n) is 10.5. The molecule has 2 aromatic rings. The summed E-state index contributed by atoms with van der Waals surface area (Å²) in [5, 5.41) is 0.713. The smallest absolute Gasteiger partial charge is 0.308 e. The van der Waals surface area contributed by atoms with E-state index in [4.69, 9.17) is 27.9 Å². The van der Waals surface area contributed by atoms with Gasteiger partial charge in [0.05, 0.1) is 17.5 Å². The standard InChI is InChI=1S/C23H27Cl2NO4S/c1-2-30-23(27)18-13-11-17(12-14-18)15-26(16-19-7-3-4-8-20(19)24)31(28,29)22-10-6-5-9-21(22)25/h3-10,17-18H,2,11-16H2,1H3. The number of benzene rings is 2. The lowest BCUT2D eigenvalue weighted by molar-refractivity contribution is -0.149. The van der Waals surface area contributed by atoms with Gasteiger partial charge >= 0.3 is 5.97 Å². The van der Waals surface area contributed by atoms with Crippen molar-refractivity contribution in [1.29, 1.82) is 0 Å². The summed E-state index contributed by atoms with van der Waals surface area (Å²) in [4.78, 5) is 12.1. The van der Waals surface area contributed by atoms with Gasteiger partial charge in [-0.2, -0.15) is 4.31 Å². The molecule has 0 bridgehead atoms. The summed E-state index contributed by atoms with van der Waals surface area (Å²) in [6, 6.07) is 13.7. The van der Waals surface area contributed by atoms with Crippen LogP contribution in [-0.4, -0.2) is 31.8 Å². The minimum absolute atomic E-state index is 0.0870. The number of carbonyl (C=O) groups is 1. The van der Waals surface area contributed by atoms with Crippen LogP contribution in [0.25, 0.3) is 0 Å². The fourth-order valence-electron chi connectivity index (χ4n) is 3.99. The predicted octanol–water partition coefficient (Wildman–Crippen LogP) is 5.55. The molecule has 0 radical (unpaired) electrons. The van der Waals surface area contributed by atoms with Gasteiger partial charge in [-0.05, 0) is 62.3 Å². The number of hydrogen-bond donors (Lipinski definition) is 0. The van der Waals surface area contributed by atoms with Crippen LogP contribution in [0.5, 0.6) is 0 Å². The Morgan fingerprint density at radius 1 is 1.00 bits per heavy atom. The van der Waals surface area contributed by atoms with E-state index >= 15 is 0 Å². The summed E-state index contributed by atoms with van der Waals surface area (Å²) < 4.78 is 33.7. The van der Waals surface area contributed by atoms with E-state index in [1.807, 2.05) is 18.2 Å². The van der Waals surface area contributed by atoms with Gasteiger partial charge in [0.1, 0.15) is 4.90 Å². The van der Waals surface area contributed by atoms with Crippen LogP contribution >= 0.6 is 23.2 Å². The fourth-order valence-corrected chi connectivity index (χ4v) is 6.17. The van der Waals surface area contributed by atoms with Crippen molar-refractivity contribution in [3.05, 3.63) is 64.1 Å². The van der Waals surface area contributed by atoms with Crippen molar-refractivity contribution in [3.63, 3.8) is 0 Å². The van der Waals surface area contributed by atoms with Crippen LogP contribution in [0.3, 0.4) is 0 Å². The molecule has 1 aliphatic rings. The van der Waals surface area contributed by atoms with Crippen LogP contribution in [0.1, 0.15) is 38.2 Å². The lowest BCUT2D eigenvalue weighted by Crippen LogP contribution is -2.37. The Hall–Kier alpha value is -1.60. The second-order valence-electron chi connectivity index (χ2n) is 7.79. The molecule has 0 saturated heterocycles. The number of esters is 1. The highest BCUT2D eigenvalue weighted by atomic mass is 35.5. The zero-order chi connectivity index (χ0) is 22.4. The summed E-state index contributed by atoms with van der Waals surface area (Å²) in [7, 11) is -3.83. The maximum atomic E-state index is 13.5. The first-order valence-corrected chi connectivity index (χ1v) is 12.7. The highest BCUT2D eigenvalue weighted by molar-refractivity contribution is 7.89. The summed E-state index contributed by atoms with van der Waals surface area (Å²) in [6.45, 7) is 2.68. The van der Waals surface area contributed by atoms with Gasteiger partial charge in [-0.15, -0.1) is 0 Å². The summed E-state index contributed by atoms with van der Waals surface area (Å²) >= 11 is 12.6. The van der Waals surface area contributed by atoms with E-state index in [0.29, 0.717) is 31.0 Å². The van der Waals surface area contributed by atoms with Crippen molar-refractivity contribution < 1.29 is 17.9 Å². The Bertz CT molecular complexity index is 1000. The second kappa shape index (κ2) is 10.8. The number of hydrogen-bond acceptors (Lipinski definition) is 4. The number of ether oxygens (including phenoxy) is 1. The van der Waals surface area contributed by atoms with Crippen molar-refractivity contribution in [2.75, 3.05) is 13.2 Å². The molecule has 2 aromatic carbocycles. The molecule has 0 aliphatic heterocycles. The molecule has 0 unspecified atom stereocenters. The molecule has 0 amide bonds. The number of nitrogens with zero attached hydrogens (tertiary/aromatic N) is 1. The quantitative estimate of drug-likeness (QED) is 0.461. The maximum Gasteiger partial charge on any atom is 0.308 e. The molecule has 0 heterocycles. The SMILES string of the molecule is CCOC(=O)C1CCC(CN(Cc2ccccc2Cl)S(=O)(=O)c2ccccc2Cl)CC1. The van der Waals surface area contributed by atoms with E-state index in [-0.39, 0.29) is 34.3 Å². The van der Waals surface area contributed by atoms with Gasteiger partial charge in [0.25, 0.3) is 0 Å². The summed E-state index contributed by atoms with van der Waals surface area (Å²) in [5.41, 5.74) is 0.736. The Labute approximate surface area is 194 Å². The molecule has 31 heavy (non-hydrogen) atoms. The lowest BCUT2D eigenvalue weighted by atomic mass is 9.82. The van der Waals surface area contributed by atoms with Crippen LogP contribution in [0.4, 0.5) is 0 Å².